The second-order valence-electron chi connectivity index (χ2n) is 6.04. The molecule has 2 atom stereocenters. The molecule has 0 bridgehead atoms. The Morgan fingerprint density at radius 1 is 1.43 bits per heavy atom. The molecule has 1 aliphatic carbocycles. The second kappa shape index (κ2) is 5.20. The summed E-state index contributed by atoms with van der Waals surface area (Å²) >= 11 is 6.14. The zero-order valence-electron chi connectivity index (χ0n) is 12.8. The highest BCUT2D eigenvalue weighted by Gasteiger charge is 2.59. The minimum Gasteiger partial charge on any atom is -0.312 e. The van der Waals surface area contributed by atoms with Gasteiger partial charge in [0.15, 0.2) is 0 Å². The lowest BCUT2D eigenvalue weighted by molar-refractivity contribution is -0.124. The van der Waals surface area contributed by atoms with Crippen LogP contribution >= 0.6 is 11.6 Å². The van der Waals surface area contributed by atoms with E-state index in [0.717, 1.165) is 4.90 Å². The molecular formula is C16H15ClFN3O2. The topological polar surface area (TPSA) is 64.4 Å². The number of halogens is 2. The second-order valence-corrected chi connectivity index (χ2v) is 6.41. The third-order valence-electron chi connectivity index (χ3n) is 4.87. The summed E-state index contributed by atoms with van der Waals surface area (Å²) in [6, 6.07) is 4.47. The van der Waals surface area contributed by atoms with E-state index < -0.39 is 23.6 Å². The zero-order chi connectivity index (χ0) is 16.9. The molecule has 120 valence electrons. The van der Waals surface area contributed by atoms with Crippen molar-refractivity contribution in [2.75, 3.05) is 11.9 Å². The van der Waals surface area contributed by atoms with Crippen molar-refractivity contribution in [3.8, 4) is 6.07 Å². The number of alkyl halides is 1. The molecule has 23 heavy (non-hydrogen) atoms. The van der Waals surface area contributed by atoms with Crippen molar-refractivity contribution in [2.45, 2.75) is 37.9 Å². The summed E-state index contributed by atoms with van der Waals surface area (Å²) in [7, 11) is 1.53. The normalized spacial score (nSPS) is 27.2. The molecule has 3 rings (SSSR count). The lowest BCUT2D eigenvalue weighted by atomic mass is 9.96. The molecular weight excluding hydrogens is 321 g/mol. The van der Waals surface area contributed by atoms with Crippen molar-refractivity contribution in [2.24, 2.45) is 0 Å². The Kier molecular flexibility index (Phi) is 3.56. The van der Waals surface area contributed by atoms with Gasteiger partial charge >= 0.3 is 6.03 Å². The fourth-order valence-corrected chi connectivity index (χ4v) is 3.65. The van der Waals surface area contributed by atoms with Crippen LogP contribution in [0.2, 0.25) is 5.02 Å². The van der Waals surface area contributed by atoms with Crippen LogP contribution in [0.4, 0.5) is 14.9 Å². The summed E-state index contributed by atoms with van der Waals surface area (Å²) in [5.41, 5.74) is -0.00832. The first-order chi connectivity index (χ1) is 10.8. The molecule has 1 aromatic rings. The van der Waals surface area contributed by atoms with Gasteiger partial charge < -0.3 is 4.90 Å². The van der Waals surface area contributed by atoms with Crippen LogP contribution in [0.3, 0.4) is 0 Å². The average molecular weight is 336 g/mol. The van der Waals surface area contributed by atoms with E-state index in [2.05, 4.69) is 0 Å². The predicted octanol–water partition coefficient (Wildman–Crippen LogP) is 3.18. The lowest BCUT2D eigenvalue weighted by Crippen LogP contribution is -2.45. The minimum atomic E-state index is -1.11. The predicted molar refractivity (Wildman–Crippen MR) is 83.0 cm³/mol. The summed E-state index contributed by atoms with van der Waals surface area (Å²) in [6.07, 6.45) is -0.480. The number of carbonyl (C=O) groups is 2. The van der Waals surface area contributed by atoms with Crippen LogP contribution in [0, 0.1) is 18.3 Å². The van der Waals surface area contributed by atoms with E-state index in [4.69, 9.17) is 16.9 Å². The molecule has 1 spiro atoms. The first-order valence-electron chi connectivity index (χ1n) is 7.29. The van der Waals surface area contributed by atoms with Gasteiger partial charge in [-0.25, -0.2) is 14.1 Å². The van der Waals surface area contributed by atoms with Crippen molar-refractivity contribution >= 4 is 29.2 Å². The van der Waals surface area contributed by atoms with Gasteiger partial charge in [-0.15, -0.1) is 0 Å². The van der Waals surface area contributed by atoms with E-state index >= 15 is 0 Å². The number of nitriles is 1. The van der Waals surface area contributed by atoms with Crippen LogP contribution in [-0.2, 0) is 4.79 Å². The van der Waals surface area contributed by atoms with Crippen molar-refractivity contribution in [1.29, 1.82) is 5.26 Å². The van der Waals surface area contributed by atoms with Gasteiger partial charge in [0.05, 0.1) is 16.3 Å². The Morgan fingerprint density at radius 3 is 2.70 bits per heavy atom. The van der Waals surface area contributed by atoms with Crippen LogP contribution in [-0.4, -0.2) is 35.6 Å². The molecule has 0 radical (unpaired) electrons. The number of hydrogen-bond donors (Lipinski definition) is 0. The number of rotatable bonds is 1. The molecule has 2 aliphatic rings. The molecule has 1 saturated carbocycles. The van der Waals surface area contributed by atoms with Gasteiger partial charge in [0.1, 0.15) is 17.8 Å². The summed E-state index contributed by atoms with van der Waals surface area (Å²) in [5.74, 6) is -0.422. The average Bonchev–Trinajstić information content (AvgIpc) is 3.00. The maximum Gasteiger partial charge on any atom is 0.332 e. The number of imide groups is 1. The third kappa shape index (κ3) is 2.03. The number of amides is 3. The molecule has 1 saturated heterocycles. The number of urea groups is 1. The third-order valence-corrected chi connectivity index (χ3v) is 5.36. The van der Waals surface area contributed by atoms with Crippen LogP contribution < -0.4 is 4.90 Å². The van der Waals surface area contributed by atoms with Crippen LogP contribution in [0.1, 0.15) is 30.4 Å². The summed E-state index contributed by atoms with van der Waals surface area (Å²) in [4.78, 5) is 27.9. The van der Waals surface area contributed by atoms with Gasteiger partial charge in [0, 0.05) is 13.5 Å². The Hall–Kier alpha value is -2.13. The lowest BCUT2D eigenvalue weighted by Gasteiger charge is -2.27. The molecule has 0 aromatic heterocycles. The van der Waals surface area contributed by atoms with Gasteiger partial charge in [-0.05, 0) is 37.5 Å². The van der Waals surface area contributed by atoms with Crippen LogP contribution in [0.15, 0.2) is 12.1 Å². The Bertz CT molecular complexity index is 760. The smallest absolute Gasteiger partial charge is 0.312 e. The zero-order valence-corrected chi connectivity index (χ0v) is 13.5. The monoisotopic (exact) mass is 335 g/mol. The molecule has 0 unspecified atom stereocenters. The molecule has 1 aliphatic heterocycles. The van der Waals surface area contributed by atoms with Gasteiger partial charge in [-0.1, -0.05) is 11.6 Å². The largest absolute Gasteiger partial charge is 0.332 e. The van der Waals surface area contributed by atoms with Crippen molar-refractivity contribution in [3.05, 3.63) is 28.3 Å². The van der Waals surface area contributed by atoms with E-state index in [9.17, 15) is 14.0 Å². The Balaban J connectivity index is 2.09. The Labute approximate surface area is 138 Å². The molecule has 1 aromatic carbocycles. The van der Waals surface area contributed by atoms with E-state index in [0.29, 0.717) is 17.7 Å². The summed E-state index contributed by atoms with van der Waals surface area (Å²) in [5, 5.41) is 9.22. The minimum absolute atomic E-state index is 0.0215. The maximum absolute atomic E-state index is 13.7. The molecule has 0 N–H and O–H groups in total. The standard InChI is InChI=1S/C16H15ClFN3O2/c1-9-12(4-3-10(8-19)13(9)17)21-14(22)16(20(2)15(21)23)6-5-11(18)7-16/h3-4,11H,5-7H2,1-2H3/t11-,16+/m0/s1. The highest BCUT2D eigenvalue weighted by Crippen LogP contribution is 2.44. The van der Waals surface area contributed by atoms with E-state index in [1.54, 1.807) is 6.92 Å². The fourth-order valence-electron chi connectivity index (χ4n) is 3.45. The first-order valence-corrected chi connectivity index (χ1v) is 7.67. The molecule has 3 amide bonds. The van der Waals surface area contributed by atoms with Crippen LogP contribution in [0.25, 0.3) is 0 Å². The summed E-state index contributed by atoms with van der Waals surface area (Å²) < 4.78 is 13.7. The summed E-state index contributed by atoms with van der Waals surface area (Å²) in [6.45, 7) is 1.65. The SMILES string of the molecule is Cc1c(N2C(=O)N(C)[C@@]3(CC[C@H](F)C3)C2=O)ccc(C#N)c1Cl. The first kappa shape index (κ1) is 15.8. The number of carbonyl (C=O) groups excluding carboxylic acids is 2. The number of hydrogen-bond acceptors (Lipinski definition) is 3. The van der Waals surface area contributed by atoms with Gasteiger partial charge in [-0.3, -0.25) is 4.79 Å². The van der Waals surface area contributed by atoms with E-state index in [-0.39, 0.29) is 23.4 Å². The Morgan fingerprint density at radius 2 is 2.13 bits per heavy atom. The van der Waals surface area contributed by atoms with E-state index in [1.807, 2.05) is 6.07 Å². The van der Waals surface area contributed by atoms with Crippen molar-refractivity contribution in [1.82, 2.24) is 4.90 Å². The van der Waals surface area contributed by atoms with Crippen molar-refractivity contribution < 1.29 is 14.0 Å². The molecule has 2 fully saturated rings. The molecule has 5 nitrogen and oxygen atoms in total. The van der Waals surface area contributed by atoms with Crippen LogP contribution in [0.5, 0.6) is 0 Å². The number of nitrogens with zero attached hydrogens (tertiary/aromatic N) is 3. The van der Waals surface area contributed by atoms with Crippen molar-refractivity contribution in [3.63, 3.8) is 0 Å². The fraction of sp³-hybridized carbons (Fsp3) is 0.438. The molecule has 7 heteroatoms. The van der Waals surface area contributed by atoms with Gasteiger partial charge in [0.2, 0.25) is 0 Å². The number of likely N-dealkylation sites (N-methyl/N-ethyl adjacent to an activating group) is 1. The quantitative estimate of drug-likeness (QED) is 0.740. The molecule has 1 heterocycles. The highest BCUT2D eigenvalue weighted by molar-refractivity contribution is 6.33. The number of benzene rings is 1. The van der Waals surface area contributed by atoms with Gasteiger partial charge in [-0.2, -0.15) is 5.26 Å². The number of anilines is 1. The van der Waals surface area contributed by atoms with E-state index in [1.165, 1.54) is 24.1 Å². The highest BCUT2D eigenvalue weighted by atomic mass is 35.5. The maximum atomic E-state index is 13.7. The van der Waals surface area contributed by atoms with Gasteiger partial charge in [0.25, 0.3) is 5.91 Å².